The predicted molar refractivity (Wildman–Crippen MR) is 137 cm³/mol. The minimum Gasteiger partial charge on any atom is -0.657 e. The zero-order chi connectivity index (χ0) is 26.3. The van der Waals surface area contributed by atoms with Crippen LogP contribution in [-0.2, 0) is 0 Å². The van der Waals surface area contributed by atoms with E-state index < -0.39 is 24.3 Å². The molecule has 3 aromatic carbocycles. The number of hydrogen-bond donors (Lipinski definition) is 3. The smallest absolute Gasteiger partial charge is 0.401 e. The van der Waals surface area contributed by atoms with Gasteiger partial charge in [0, 0.05) is 18.7 Å². The summed E-state index contributed by atoms with van der Waals surface area (Å²) in [6, 6.07) is 21.4. The Morgan fingerprint density at radius 1 is 0.889 bits per heavy atom. The molecule has 0 spiro atoms. The molecule has 192 valence electrons. The van der Waals surface area contributed by atoms with Gasteiger partial charge in [0.25, 0.3) is 0 Å². The fourth-order valence-corrected chi connectivity index (χ4v) is 4.22. The molecular formula is C28H31F4N4-. The van der Waals surface area contributed by atoms with Crippen LogP contribution in [-0.4, -0.2) is 31.6 Å². The van der Waals surface area contributed by atoms with Gasteiger partial charge in [-0.05, 0) is 41.2 Å². The number of nitrogens with one attached hydrogen (secondary N) is 3. The lowest BCUT2D eigenvalue weighted by molar-refractivity contribution is -0.126. The summed E-state index contributed by atoms with van der Waals surface area (Å²) in [5.41, 5.74) is 3.40. The van der Waals surface area contributed by atoms with E-state index in [1.165, 1.54) is 18.3 Å². The quantitative estimate of drug-likeness (QED) is 0.146. The lowest BCUT2D eigenvalue weighted by Crippen LogP contribution is -2.48. The second-order valence-corrected chi connectivity index (χ2v) is 9.48. The zero-order valence-corrected chi connectivity index (χ0v) is 20.5. The van der Waals surface area contributed by atoms with E-state index in [0.717, 1.165) is 11.1 Å². The monoisotopic (exact) mass is 499 g/mol. The molecule has 8 heteroatoms. The topological polar surface area (TPSA) is 62.0 Å². The molecule has 0 aliphatic rings. The van der Waals surface area contributed by atoms with Gasteiger partial charge in [0.1, 0.15) is 5.82 Å². The second-order valence-electron chi connectivity index (χ2n) is 9.48. The Bertz CT molecular complexity index is 1130. The van der Waals surface area contributed by atoms with Gasteiger partial charge in [-0.1, -0.05) is 74.5 Å². The van der Waals surface area contributed by atoms with Gasteiger partial charge >= 0.3 is 6.18 Å². The molecule has 3 rings (SSSR count). The van der Waals surface area contributed by atoms with E-state index in [2.05, 4.69) is 29.8 Å². The van der Waals surface area contributed by atoms with Gasteiger partial charge in [-0.25, -0.2) is 4.39 Å². The van der Waals surface area contributed by atoms with Crippen LogP contribution in [0.15, 0.2) is 72.8 Å². The van der Waals surface area contributed by atoms with Gasteiger partial charge in [0.05, 0.1) is 12.7 Å². The molecule has 0 bridgehead atoms. The number of hydrogen-bond acceptors (Lipinski definition) is 3. The first-order chi connectivity index (χ1) is 17.0. The Hall–Kier alpha value is -3.23. The molecule has 1 unspecified atom stereocenters. The van der Waals surface area contributed by atoms with Crippen molar-refractivity contribution in [2.24, 2.45) is 5.41 Å². The largest absolute Gasteiger partial charge is 0.657 e. The van der Waals surface area contributed by atoms with Crippen molar-refractivity contribution in [2.75, 3.05) is 13.1 Å². The van der Waals surface area contributed by atoms with Gasteiger partial charge in [-0.2, -0.15) is 13.2 Å². The van der Waals surface area contributed by atoms with Crippen molar-refractivity contribution in [1.29, 1.82) is 5.41 Å². The van der Waals surface area contributed by atoms with E-state index >= 15 is 0 Å². The number of alkyl halides is 3. The first-order valence-electron chi connectivity index (χ1n) is 11.7. The van der Waals surface area contributed by atoms with Crippen LogP contribution >= 0.6 is 0 Å². The van der Waals surface area contributed by atoms with Crippen LogP contribution < -0.4 is 10.6 Å². The minimum absolute atomic E-state index is 0.111. The van der Waals surface area contributed by atoms with Gasteiger partial charge in [0.2, 0.25) is 0 Å². The molecule has 0 aliphatic heterocycles. The third-order valence-electron chi connectivity index (χ3n) is 6.00. The molecule has 0 heterocycles. The predicted octanol–water partition coefficient (Wildman–Crippen LogP) is 7.41. The molecule has 3 aromatic rings. The average Bonchev–Trinajstić information content (AvgIpc) is 2.84. The van der Waals surface area contributed by atoms with E-state index in [1.807, 2.05) is 48.5 Å². The van der Waals surface area contributed by atoms with Crippen LogP contribution in [0.2, 0.25) is 0 Å². The molecule has 0 aromatic heterocycles. The van der Waals surface area contributed by atoms with Crippen molar-refractivity contribution in [3.63, 3.8) is 0 Å². The first kappa shape index (κ1) is 27.4. The molecule has 0 aliphatic carbocycles. The molecule has 0 amide bonds. The Morgan fingerprint density at radius 3 is 2.14 bits per heavy atom. The summed E-state index contributed by atoms with van der Waals surface area (Å²) >= 11 is 0. The lowest BCUT2D eigenvalue weighted by Gasteiger charge is -2.37. The Balaban J connectivity index is 1.87. The third kappa shape index (κ3) is 7.63. The Kier molecular flexibility index (Phi) is 8.87. The van der Waals surface area contributed by atoms with E-state index in [-0.39, 0.29) is 11.7 Å². The number of halogens is 4. The van der Waals surface area contributed by atoms with E-state index in [0.29, 0.717) is 23.5 Å². The van der Waals surface area contributed by atoms with Crippen molar-refractivity contribution in [1.82, 2.24) is 10.6 Å². The van der Waals surface area contributed by atoms with Crippen LogP contribution in [0.5, 0.6) is 0 Å². The summed E-state index contributed by atoms with van der Waals surface area (Å²) in [6.07, 6.45) is -3.57. The number of benzene rings is 3. The van der Waals surface area contributed by atoms with Crippen LogP contribution in [0.3, 0.4) is 0 Å². The van der Waals surface area contributed by atoms with Crippen LogP contribution in [0.25, 0.3) is 5.32 Å². The minimum atomic E-state index is -4.28. The molecule has 0 radical (unpaired) electrons. The summed E-state index contributed by atoms with van der Waals surface area (Å²) in [5, 5.41) is 18.2. The molecule has 4 nitrogen and oxygen atoms in total. The summed E-state index contributed by atoms with van der Waals surface area (Å²) < 4.78 is 51.0. The first-order valence-corrected chi connectivity index (χ1v) is 11.7. The number of rotatable bonds is 11. The van der Waals surface area contributed by atoms with Crippen LogP contribution in [0, 0.1) is 16.6 Å². The standard InChI is InChI=1S/C28H31F4N4/c1-19(35-18-28(30,31)32)34-17-27(2,3)26(20-7-5-4-6-8-20)21-9-14-25(22(15-21)16-33)36-24-12-10-23(29)11-13-24/h4-16,19,26,33-35H,17-18H2,1-3H3/q-1/t19?,26-/m0/s1. The summed E-state index contributed by atoms with van der Waals surface area (Å²) in [4.78, 5) is 0. The Labute approximate surface area is 209 Å². The molecule has 36 heavy (non-hydrogen) atoms. The number of nitrogens with zero attached hydrogens (tertiary/aromatic N) is 1. The van der Waals surface area contributed by atoms with E-state index in [4.69, 9.17) is 5.41 Å². The van der Waals surface area contributed by atoms with Gasteiger partial charge < -0.3 is 16.0 Å². The van der Waals surface area contributed by atoms with Crippen LogP contribution in [0.4, 0.5) is 28.9 Å². The van der Waals surface area contributed by atoms with Crippen molar-refractivity contribution in [2.45, 2.75) is 39.0 Å². The molecular weight excluding hydrogens is 468 g/mol. The van der Waals surface area contributed by atoms with Crippen molar-refractivity contribution in [3.8, 4) is 0 Å². The maximum atomic E-state index is 13.3. The highest BCUT2D eigenvalue weighted by molar-refractivity contribution is 5.89. The summed E-state index contributed by atoms with van der Waals surface area (Å²) in [6.45, 7) is 5.17. The van der Waals surface area contributed by atoms with Gasteiger partial charge in [-0.15, -0.1) is 11.4 Å². The maximum absolute atomic E-state index is 13.3. The zero-order valence-electron chi connectivity index (χ0n) is 20.5. The average molecular weight is 500 g/mol. The summed E-state index contributed by atoms with van der Waals surface area (Å²) in [5.74, 6) is -0.458. The van der Waals surface area contributed by atoms with Crippen LogP contribution in [0.1, 0.15) is 43.4 Å². The Morgan fingerprint density at radius 2 is 1.53 bits per heavy atom. The highest BCUT2D eigenvalue weighted by Gasteiger charge is 2.33. The van der Waals surface area contributed by atoms with Gasteiger partial charge in [0.15, 0.2) is 0 Å². The fourth-order valence-electron chi connectivity index (χ4n) is 4.22. The van der Waals surface area contributed by atoms with Gasteiger partial charge in [-0.3, -0.25) is 5.32 Å². The summed E-state index contributed by atoms with van der Waals surface area (Å²) in [7, 11) is 0. The lowest BCUT2D eigenvalue weighted by atomic mass is 9.71. The normalized spacial score (nSPS) is 13.8. The second kappa shape index (κ2) is 11.7. The highest BCUT2D eigenvalue weighted by Crippen LogP contribution is 2.43. The molecule has 3 N–H and O–H groups in total. The SMILES string of the molecule is CC(NCC(F)(F)F)NCC(C)(C)[C@@H](c1ccccc1)c1ccc([N-]c2ccc(F)cc2)c(C=N)c1. The molecule has 0 fully saturated rings. The fraction of sp³-hybridized carbons (Fsp3) is 0.321. The molecule has 0 saturated carbocycles. The molecule has 2 atom stereocenters. The van der Waals surface area contributed by atoms with Crippen molar-refractivity contribution < 1.29 is 17.6 Å². The van der Waals surface area contributed by atoms with Crippen molar-refractivity contribution in [3.05, 3.63) is 101 Å². The maximum Gasteiger partial charge on any atom is 0.401 e. The molecule has 0 saturated heterocycles. The van der Waals surface area contributed by atoms with Crippen molar-refractivity contribution >= 4 is 17.6 Å². The van der Waals surface area contributed by atoms with E-state index in [1.54, 1.807) is 19.1 Å². The highest BCUT2D eigenvalue weighted by atomic mass is 19.4. The third-order valence-corrected chi connectivity index (χ3v) is 6.00. The van der Waals surface area contributed by atoms with E-state index in [9.17, 15) is 17.6 Å².